The van der Waals surface area contributed by atoms with Gasteiger partial charge in [0.25, 0.3) is 0 Å². The van der Waals surface area contributed by atoms with Crippen LogP contribution in [0, 0.1) is 12.7 Å². The van der Waals surface area contributed by atoms with Crippen LogP contribution in [0.15, 0.2) is 41.1 Å². The molecule has 1 saturated heterocycles. The molecule has 0 saturated carbocycles. The molecule has 3 aromatic rings. The second kappa shape index (κ2) is 6.98. The molecule has 7 heteroatoms. The van der Waals surface area contributed by atoms with Crippen molar-refractivity contribution >= 4 is 5.91 Å². The Hall–Kier alpha value is -2.96. The lowest BCUT2D eigenvalue weighted by molar-refractivity contribution is -0.131. The highest BCUT2D eigenvalue weighted by atomic mass is 19.1. The van der Waals surface area contributed by atoms with Crippen molar-refractivity contribution < 1.29 is 13.7 Å². The average Bonchev–Trinajstić information content (AvgIpc) is 3.35. The van der Waals surface area contributed by atoms with E-state index in [1.54, 1.807) is 16.8 Å². The number of benzene rings is 1. The van der Waals surface area contributed by atoms with Crippen molar-refractivity contribution in [1.82, 2.24) is 19.8 Å². The Labute approximate surface area is 156 Å². The molecule has 0 spiro atoms. The Morgan fingerprint density at radius 3 is 2.81 bits per heavy atom. The molecular formula is C20H21FN4O2. The predicted molar refractivity (Wildman–Crippen MR) is 97.2 cm³/mol. The Balaban J connectivity index is 1.60. The van der Waals surface area contributed by atoms with Crippen molar-refractivity contribution in [2.45, 2.75) is 32.2 Å². The van der Waals surface area contributed by atoms with Crippen molar-refractivity contribution in [2.24, 2.45) is 7.05 Å². The number of amides is 1. The van der Waals surface area contributed by atoms with Gasteiger partial charge in [-0.1, -0.05) is 17.3 Å². The van der Waals surface area contributed by atoms with Gasteiger partial charge in [-0.15, -0.1) is 0 Å². The third-order valence-corrected chi connectivity index (χ3v) is 4.91. The first-order valence-electron chi connectivity index (χ1n) is 9.02. The number of hydrogen-bond donors (Lipinski definition) is 0. The third-order valence-electron chi connectivity index (χ3n) is 4.91. The molecule has 0 N–H and O–H groups in total. The smallest absolute Gasteiger partial charge is 0.227 e. The lowest BCUT2D eigenvalue weighted by atomic mass is 10.0. The van der Waals surface area contributed by atoms with Crippen LogP contribution < -0.4 is 0 Å². The maximum atomic E-state index is 13.1. The number of carbonyl (C=O) groups excluding carboxylic acids is 1. The SMILES string of the molecule is Cc1cc(-c2cn(C)nc2[C@@H]2CCCN2C(=O)Cc2ccc(F)cc2)on1. The molecule has 0 radical (unpaired) electrons. The molecule has 6 nitrogen and oxygen atoms in total. The third kappa shape index (κ3) is 3.49. The molecule has 1 fully saturated rings. The largest absolute Gasteiger partial charge is 0.356 e. The van der Waals surface area contributed by atoms with Crippen LogP contribution in [0.1, 0.15) is 35.8 Å². The molecule has 140 valence electrons. The summed E-state index contributed by atoms with van der Waals surface area (Å²) < 4.78 is 20.3. The van der Waals surface area contributed by atoms with Crippen LogP contribution in [0.5, 0.6) is 0 Å². The number of halogens is 1. The van der Waals surface area contributed by atoms with E-state index in [1.165, 1.54) is 12.1 Å². The van der Waals surface area contributed by atoms with Crippen molar-refractivity contribution in [3.8, 4) is 11.3 Å². The summed E-state index contributed by atoms with van der Waals surface area (Å²) in [5, 5.41) is 8.58. The first-order chi connectivity index (χ1) is 13.0. The first-order valence-corrected chi connectivity index (χ1v) is 9.02. The maximum absolute atomic E-state index is 13.1. The van der Waals surface area contributed by atoms with Crippen molar-refractivity contribution in [2.75, 3.05) is 6.54 Å². The minimum atomic E-state index is -0.300. The van der Waals surface area contributed by atoms with E-state index in [0.717, 1.165) is 35.4 Å². The minimum Gasteiger partial charge on any atom is -0.356 e. The highest BCUT2D eigenvalue weighted by Crippen LogP contribution is 2.37. The normalized spacial score (nSPS) is 16.9. The summed E-state index contributed by atoms with van der Waals surface area (Å²) in [6.45, 7) is 2.56. The van der Waals surface area contributed by atoms with E-state index in [9.17, 15) is 9.18 Å². The monoisotopic (exact) mass is 368 g/mol. The van der Waals surface area contributed by atoms with Crippen molar-refractivity contribution in [1.29, 1.82) is 0 Å². The van der Waals surface area contributed by atoms with Gasteiger partial charge in [-0.2, -0.15) is 5.10 Å². The van der Waals surface area contributed by atoms with Gasteiger partial charge in [-0.25, -0.2) is 4.39 Å². The highest BCUT2D eigenvalue weighted by Gasteiger charge is 2.34. The molecule has 1 amide bonds. The topological polar surface area (TPSA) is 64.2 Å². The van der Waals surface area contributed by atoms with Gasteiger partial charge in [0.15, 0.2) is 5.76 Å². The quantitative estimate of drug-likeness (QED) is 0.708. The molecule has 27 heavy (non-hydrogen) atoms. The van der Waals surface area contributed by atoms with Gasteiger partial charge in [0.1, 0.15) is 5.82 Å². The fourth-order valence-electron chi connectivity index (χ4n) is 3.66. The molecule has 0 unspecified atom stereocenters. The van der Waals surface area contributed by atoms with Gasteiger partial charge >= 0.3 is 0 Å². The fraction of sp³-hybridized carbons (Fsp3) is 0.350. The van der Waals surface area contributed by atoms with E-state index in [4.69, 9.17) is 4.52 Å². The van der Waals surface area contributed by atoms with Gasteiger partial charge in [0.2, 0.25) is 5.91 Å². The van der Waals surface area contributed by atoms with E-state index < -0.39 is 0 Å². The van der Waals surface area contributed by atoms with Gasteiger partial charge in [0.05, 0.1) is 29.4 Å². The van der Waals surface area contributed by atoms with Crippen LogP contribution in [0.2, 0.25) is 0 Å². The Morgan fingerprint density at radius 1 is 1.33 bits per heavy atom. The number of aryl methyl sites for hydroxylation is 2. The Kier molecular flexibility index (Phi) is 4.51. The Morgan fingerprint density at radius 2 is 2.11 bits per heavy atom. The van der Waals surface area contributed by atoms with Crippen LogP contribution >= 0.6 is 0 Å². The van der Waals surface area contributed by atoms with Gasteiger partial charge < -0.3 is 9.42 Å². The maximum Gasteiger partial charge on any atom is 0.227 e. The molecule has 1 aromatic carbocycles. The van der Waals surface area contributed by atoms with Gasteiger partial charge in [-0.3, -0.25) is 9.48 Å². The van der Waals surface area contributed by atoms with Gasteiger partial charge in [0, 0.05) is 25.9 Å². The predicted octanol–water partition coefficient (Wildman–Crippen LogP) is 3.43. The second-order valence-electron chi connectivity index (χ2n) is 6.98. The van der Waals surface area contributed by atoms with Crippen LogP contribution in [0.25, 0.3) is 11.3 Å². The summed E-state index contributed by atoms with van der Waals surface area (Å²) >= 11 is 0. The van der Waals surface area contributed by atoms with Crippen molar-refractivity contribution in [3.63, 3.8) is 0 Å². The van der Waals surface area contributed by atoms with E-state index in [0.29, 0.717) is 12.3 Å². The number of hydrogen-bond acceptors (Lipinski definition) is 4. The van der Waals surface area contributed by atoms with E-state index >= 15 is 0 Å². The lowest BCUT2D eigenvalue weighted by Gasteiger charge is -2.24. The van der Waals surface area contributed by atoms with Crippen molar-refractivity contribution in [3.05, 3.63) is 59.3 Å². The molecule has 4 rings (SSSR count). The van der Waals surface area contributed by atoms with E-state index in [-0.39, 0.29) is 24.2 Å². The number of likely N-dealkylation sites (tertiary alicyclic amines) is 1. The van der Waals surface area contributed by atoms with E-state index in [2.05, 4.69) is 10.3 Å². The van der Waals surface area contributed by atoms with Crippen LogP contribution in [0.3, 0.4) is 0 Å². The number of nitrogens with zero attached hydrogens (tertiary/aromatic N) is 4. The molecule has 0 aliphatic carbocycles. The van der Waals surface area contributed by atoms with Crippen LogP contribution in [-0.2, 0) is 18.3 Å². The molecule has 2 aromatic heterocycles. The lowest BCUT2D eigenvalue weighted by Crippen LogP contribution is -2.32. The summed E-state index contributed by atoms with van der Waals surface area (Å²) in [4.78, 5) is 14.8. The van der Waals surface area contributed by atoms with Crippen LogP contribution in [-0.4, -0.2) is 32.3 Å². The summed E-state index contributed by atoms with van der Waals surface area (Å²) in [7, 11) is 1.86. The van der Waals surface area contributed by atoms with Crippen LogP contribution in [0.4, 0.5) is 4.39 Å². The summed E-state index contributed by atoms with van der Waals surface area (Å²) in [5.74, 6) is 0.383. The first kappa shape index (κ1) is 17.5. The molecule has 0 bridgehead atoms. The molecule has 1 aliphatic rings. The molecule has 3 heterocycles. The van der Waals surface area contributed by atoms with E-state index in [1.807, 2.05) is 31.1 Å². The number of aromatic nitrogens is 3. The second-order valence-corrected chi connectivity index (χ2v) is 6.98. The summed E-state index contributed by atoms with van der Waals surface area (Å²) in [6.07, 6.45) is 3.92. The molecule has 1 atom stereocenters. The standard InChI is InChI=1S/C20H21FN4O2/c1-13-10-18(27-23-13)16-12-24(2)22-20(16)17-4-3-9-25(17)19(26)11-14-5-7-15(21)8-6-14/h5-8,10,12,17H,3-4,9,11H2,1-2H3/t17-/m0/s1. The number of rotatable bonds is 4. The highest BCUT2D eigenvalue weighted by molar-refractivity contribution is 5.80. The zero-order valence-corrected chi connectivity index (χ0v) is 15.4. The minimum absolute atomic E-state index is 0.0226. The fourth-order valence-corrected chi connectivity index (χ4v) is 3.66. The van der Waals surface area contributed by atoms with Gasteiger partial charge in [-0.05, 0) is 37.5 Å². The summed E-state index contributed by atoms with van der Waals surface area (Å²) in [5.41, 5.74) is 3.30. The average molecular weight is 368 g/mol. The summed E-state index contributed by atoms with van der Waals surface area (Å²) in [6, 6.07) is 7.85. The zero-order valence-electron chi connectivity index (χ0n) is 15.4. The number of carbonyl (C=O) groups is 1. The molecular weight excluding hydrogens is 347 g/mol. The molecule has 1 aliphatic heterocycles. The zero-order chi connectivity index (χ0) is 19.0. The Bertz CT molecular complexity index is 961.